The summed E-state index contributed by atoms with van der Waals surface area (Å²) < 4.78 is 10.7. The summed E-state index contributed by atoms with van der Waals surface area (Å²) in [6, 6.07) is 5.51. The fourth-order valence-electron chi connectivity index (χ4n) is 3.67. The number of H-pyrrole nitrogens is 1. The Bertz CT molecular complexity index is 838. The van der Waals surface area contributed by atoms with Crippen molar-refractivity contribution in [3.05, 3.63) is 23.9 Å². The predicted molar refractivity (Wildman–Crippen MR) is 108 cm³/mol. The number of benzene rings is 1. The molecule has 3 rings (SSSR count). The molecule has 1 fully saturated rings. The SMILES string of the molecule is CCOC(=O)c1[nH]c2ccc(OCC)cc2c1NC(=O)C[NH+]1CCC(C)CC1. The summed E-state index contributed by atoms with van der Waals surface area (Å²) in [6.07, 6.45) is 2.28. The van der Waals surface area contributed by atoms with Gasteiger partial charge in [0.15, 0.2) is 6.54 Å². The first-order chi connectivity index (χ1) is 13.5. The van der Waals surface area contributed by atoms with Gasteiger partial charge in [-0.05, 0) is 50.8 Å². The monoisotopic (exact) mass is 388 g/mol. The smallest absolute Gasteiger partial charge is 0.356 e. The van der Waals surface area contributed by atoms with Gasteiger partial charge in [-0.1, -0.05) is 6.92 Å². The highest BCUT2D eigenvalue weighted by molar-refractivity contribution is 6.11. The lowest BCUT2D eigenvalue weighted by atomic mass is 9.99. The van der Waals surface area contributed by atoms with Gasteiger partial charge in [-0.2, -0.15) is 0 Å². The van der Waals surface area contributed by atoms with E-state index < -0.39 is 5.97 Å². The normalized spacial score (nSPS) is 19.4. The summed E-state index contributed by atoms with van der Waals surface area (Å²) >= 11 is 0. The van der Waals surface area contributed by atoms with Gasteiger partial charge < -0.3 is 24.7 Å². The number of aromatic amines is 1. The number of ether oxygens (including phenoxy) is 2. The lowest BCUT2D eigenvalue weighted by Crippen LogP contribution is -3.14. The molecular weight excluding hydrogens is 358 g/mol. The molecule has 7 nitrogen and oxygen atoms in total. The van der Waals surface area contributed by atoms with Crippen molar-refractivity contribution in [1.29, 1.82) is 0 Å². The molecule has 2 aromatic rings. The molecule has 0 saturated carbocycles. The zero-order chi connectivity index (χ0) is 20.1. The standard InChI is InChI=1S/C21H29N3O4/c1-4-27-15-6-7-17-16(12-15)19(20(22-17)21(26)28-5-2)23-18(25)13-24-10-8-14(3)9-11-24/h6-7,12,14,22H,4-5,8-11,13H2,1-3H3,(H,23,25)/p+1. The molecule has 0 unspecified atom stereocenters. The van der Waals surface area contributed by atoms with Crippen LogP contribution < -0.4 is 15.0 Å². The Morgan fingerprint density at radius 2 is 1.96 bits per heavy atom. The molecule has 0 atom stereocenters. The summed E-state index contributed by atoms with van der Waals surface area (Å²) in [5, 5.41) is 3.69. The molecule has 152 valence electrons. The van der Waals surface area contributed by atoms with Gasteiger partial charge in [0.1, 0.15) is 11.4 Å². The first-order valence-electron chi connectivity index (χ1n) is 10.1. The summed E-state index contributed by atoms with van der Waals surface area (Å²) in [4.78, 5) is 29.5. The van der Waals surface area contributed by atoms with Crippen LogP contribution in [-0.2, 0) is 9.53 Å². The van der Waals surface area contributed by atoms with Crippen LogP contribution in [-0.4, -0.2) is 49.7 Å². The number of carbonyl (C=O) groups excluding carboxylic acids is 2. The number of nitrogens with one attached hydrogen (secondary N) is 3. The highest BCUT2D eigenvalue weighted by Gasteiger charge is 2.25. The number of quaternary nitrogens is 1. The Hall–Kier alpha value is -2.54. The van der Waals surface area contributed by atoms with Crippen LogP contribution in [0.4, 0.5) is 5.69 Å². The van der Waals surface area contributed by atoms with E-state index in [0.29, 0.717) is 24.6 Å². The van der Waals surface area contributed by atoms with Gasteiger partial charge in [0.05, 0.1) is 32.0 Å². The molecule has 0 radical (unpaired) electrons. The summed E-state index contributed by atoms with van der Waals surface area (Å²) in [7, 11) is 0. The molecule has 2 heterocycles. The van der Waals surface area contributed by atoms with E-state index in [9.17, 15) is 9.59 Å². The predicted octanol–water partition coefficient (Wildman–Crippen LogP) is 2.00. The molecule has 28 heavy (non-hydrogen) atoms. The fourth-order valence-corrected chi connectivity index (χ4v) is 3.67. The number of piperidine rings is 1. The molecule has 0 aliphatic carbocycles. The number of amides is 1. The number of fused-ring (bicyclic) bond motifs is 1. The van der Waals surface area contributed by atoms with Crippen LogP contribution >= 0.6 is 0 Å². The van der Waals surface area contributed by atoms with E-state index in [4.69, 9.17) is 9.47 Å². The maximum atomic E-state index is 12.7. The Morgan fingerprint density at radius 3 is 2.64 bits per heavy atom. The van der Waals surface area contributed by atoms with E-state index in [2.05, 4.69) is 17.2 Å². The topological polar surface area (TPSA) is 84.9 Å². The largest absolute Gasteiger partial charge is 0.494 e. The molecule has 1 saturated heterocycles. The summed E-state index contributed by atoms with van der Waals surface area (Å²) in [5.74, 6) is 0.840. The minimum atomic E-state index is -0.480. The average Bonchev–Trinajstić information content (AvgIpc) is 3.02. The van der Waals surface area contributed by atoms with Gasteiger partial charge in [-0.3, -0.25) is 4.79 Å². The molecule has 1 aromatic heterocycles. The maximum absolute atomic E-state index is 12.7. The Balaban J connectivity index is 1.85. The van der Waals surface area contributed by atoms with Crippen molar-refractivity contribution >= 4 is 28.5 Å². The van der Waals surface area contributed by atoms with Crippen LogP contribution in [0.2, 0.25) is 0 Å². The van der Waals surface area contributed by atoms with Crippen molar-refractivity contribution in [3.63, 3.8) is 0 Å². The third-order valence-corrected chi connectivity index (χ3v) is 5.22. The lowest BCUT2D eigenvalue weighted by Gasteiger charge is -2.26. The van der Waals surface area contributed by atoms with Gasteiger partial charge in [-0.15, -0.1) is 0 Å². The minimum absolute atomic E-state index is 0.0992. The number of hydrogen-bond donors (Lipinski definition) is 3. The van der Waals surface area contributed by atoms with Crippen LogP contribution in [0.5, 0.6) is 5.75 Å². The number of carbonyl (C=O) groups is 2. The molecule has 0 bridgehead atoms. The van der Waals surface area contributed by atoms with E-state index in [0.717, 1.165) is 42.8 Å². The lowest BCUT2D eigenvalue weighted by molar-refractivity contribution is -0.897. The van der Waals surface area contributed by atoms with Crippen LogP contribution in [0.25, 0.3) is 10.9 Å². The number of rotatable bonds is 7. The first-order valence-corrected chi connectivity index (χ1v) is 10.1. The molecule has 7 heteroatoms. The Morgan fingerprint density at radius 1 is 1.21 bits per heavy atom. The van der Waals surface area contributed by atoms with Gasteiger partial charge in [0.2, 0.25) is 0 Å². The number of aromatic nitrogens is 1. The third-order valence-electron chi connectivity index (χ3n) is 5.22. The van der Waals surface area contributed by atoms with Crippen LogP contribution in [0.15, 0.2) is 18.2 Å². The van der Waals surface area contributed by atoms with Crippen LogP contribution in [0, 0.1) is 5.92 Å². The van der Waals surface area contributed by atoms with Crippen molar-refractivity contribution in [1.82, 2.24) is 4.98 Å². The molecule has 3 N–H and O–H groups in total. The third kappa shape index (κ3) is 4.65. The molecule has 0 spiro atoms. The average molecular weight is 388 g/mol. The molecule has 1 aliphatic rings. The Labute approximate surface area is 165 Å². The molecule has 1 amide bonds. The quantitative estimate of drug-likeness (QED) is 0.634. The van der Waals surface area contributed by atoms with E-state index in [1.165, 1.54) is 4.90 Å². The first kappa shape index (κ1) is 20.2. The van der Waals surface area contributed by atoms with Gasteiger partial charge in [-0.25, -0.2) is 4.79 Å². The van der Waals surface area contributed by atoms with Crippen molar-refractivity contribution in [3.8, 4) is 5.75 Å². The van der Waals surface area contributed by atoms with Gasteiger partial charge in [0.25, 0.3) is 5.91 Å². The van der Waals surface area contributed by atoms with Crippen LogP contribution in [0.3, 0.4) is 0 Å². The maximum Gasteiger partial charge on any atom is 0.356 e. The van der Waals surface area contributed by atoms with Gasteiger partial charge in [0, 0.05) is 10.9 Å². The van der Waals surface area contributed by atoms with Crippen molar-refractivity contribution in [2.75, 3.05) is 38.2 Å². The fraction of sp³-hybridized carbons (Fsp3) is 0.524. The van der Waals surface area contributed by atoms with E-state index in [1.807, 2.05) is 25.1 Å². The molecule has 1 aliphatic heterocycles. The zero-order valence-corrected chi connectivity index (χ0v) is 16.9. The number of anilines is 1. The number of likely N-dealkylation sites (tertiary alicyclic amines) is 1. The second-order valence-electron chi connectivity index (χ2n) is 7.39. The second kappa shape index (κ2) is 9.10. The van der Waals surface area contributed by atoms with E-state index in [-0.39, 0.29) is 18.2 Å². The summed E-state index contributed by atoms with van der Waals surface area (Å²) in [6.45, 7) is 9.13. The zero-order valence-electron chi connectivity index (χ0n) is 16.9. The van der Waals surface area contributed by atoms with Crippen molar-refractivity contribution < 1.29 is 24.0 Å². The highest BCUT2D eigenvalue weighted by atomic mass is 16.5. The number of esters is 1. The van der Waals surface area contributed by atoms with Crippen molar-refractivity contribution in [2.24, 2.45) is 5.92 Å². The second-order valence-corrected chi connectivity index (χ2v) is 7.39. The van der Waals surface area contributed by atoms with E-state index in [1.54, 1.807) is 6.92 Å². The van der Waals surface area contributed by atoms with E-state index >= 15 is 0 Å². The Kier molecular flexibility index (Phi) is 6.57. The summed E-state index contributed by atoms with van der Waals surface area (Å²) in [5.41, 5.74) is 1.48. The van der Waals surface area contributed by atoms with Crippen LogP contribution in [0.1, 0.15) is 44.1 Å². The minimum Gasteiger partial charge on any atom is -0.494 e. The number of hydrogen-bond acceptors (Lipinski definition) is 4. The van der Waals surface area contributed by atoms with Gasteiger partial charge >= 0.3 is 5.97 Å². The molecule has 1 aromatic carbocycles. The molecular formula is C21H30N3O4+. The van der Waals surface area contributed by atoms with Crippen molar-refractivity contribution in [2.45, 2.75) is 33.6 Å². The highest BCUT2D eigenvalue weighted by Crippen LogP contribution is 2.31.